The van der Waals surface area contributed by atoms with Crippen LogP contribution in [-0.4, -0.2) is 35.8 Å². The van der Waals surface area contributed by atoms with Crippen molar-refractivity contribution in [3.05, 3.63) is 77.9 Å². The maximum Gasteiger partial charge on any atom is 0.119 e. The van der Waals surface area contributed by atoms with Gasteiger partial charge < -0.3 is 9.84 Å². The summed E-state index contributed by atoms with van der Waals surface area (Å²) in [5.74, 6) is 0.957. The molecule has 0 spiro atoms. The summed E-state index contributed by atoms with van der Waals surface area (Å²) < 4.78 is 6.00. The Labute approximate surface area is 180 Å². The van der Waals surface area contributed by atoms with Gasteiger partial charge in [-0.05, 0) is 85.2 Å². The molecule has 0 saturated carbocycles. The maximum absolute atomic E-state index is 9.53. The van der Waals surface area contributed by atoms with E-state index in [4.69, 9.17) is 4.74 Å². The maximum atomic E-state index is 9.53. The summed E-state index contributed by atoms with van der Waals surface area (Å²) >= 11 is 0. The zero-order valence-electron chi connectivity index (χ0n) is 17.8. The van der Waals surface area contributed by atoms with Gasteiger partial charge in [0.05, 0.1) is 13.2 Å². The molecule has 0 aromatic heterocycles. The molecule has 0 radical (unpaired) electrons. The van der Waals surface area contributed by atoms with Gasteiger partial charge in [-0.25, -0.2) is 0 Å². The number of fused-ring (bicyclic) bond motifs is 1. The SMILES string of the molecule is OC[C@H]1CCCN1Cc1ccc2cc(OCCCCCc3ccccc3)ccc2c1. The van der Waals surface area contributed by atoms with Crippen LogP contribution in [0.5, 0.6) is 5.75 Å². The molecule has 0 unspecified atom stereocenters. The average Bonchev–Trinajstić information content (AvgIpc) is 3.24. The van der Waals surface area contributed by atoms with Crippen LogP contribution in [0.25, 0.3) is 10.8 Å². The number of aliphatic hydroxyl groups excluding tert-OH is 1. The number of likely N-dealkylation sites (tertiary alicyclic amines) is 1. The molecule has 1 N–H and O–H groups in total. The van der Waals surface area contributed by atoms with Crippen molar-refractivity contribution in [3.63, 3.8) is 0 Å². The Morgan fingerprint density at radius 1 is 0.867 bits per heavy atom. The van der Waals surface area contributed by atoms with Crippen molar-refractivity contribution < 1.29 is 9.84 Å². The number of aryl methyl sites for hydroxylation is 1. The second-order valence-electron chi connectivity index (χ2n) is 8.44. The van der Waals surface area contributed by atoms with Crippen molar-refractivity contribution in [2.45, 2.75) is 51.1 Å². The summed E-state index contributed by atoms with van der Waals surface area (Å²) in [5.41, 5.74) is 2.74. The highest BCUT2D eigenvalue weighted by atomic mass is 16.5. The molecule has 3 aromatic rings. The van der Waals surface area contributed by atoms with Gasteiger partial charge >= 0.3 is 0 Å². The third-order valence-electron chi connectivity index (χ3n) is 6.19. The molecule has 1 atom stereocenters. The van der Waals surface area contributed by atoms with Crippen molar-refractivity contribution in [3.8, 4) is 5.75 Å². The smallest absolute Gasteiger partial charge is 0.119 e. The third kappa shape index (κ3) is 5.62. The summed E-state index contributed by atoms with van der Waals surface area (Å²) in [4.78, 5) is 2.40. The van der Waals surface area contributed by atoms with Crippen LogP contribution in [0.3, 0.4) is 0 Å². The van der Waals surface area contributed by atoms with Crippen molar-refractivity contribution in [1.82, 2.24) is 4.90 Å². The minimum absolute atomic E-state index is 0.264. The van der Waals surface area contributed by atoms with E-state index in [1.807, 2.05) is 0 Å². The van der Waals surface area contributed by atoms with Gasteiger partial charge in [-0.2, -0.15) is 0 Å². The molecule has 0 bridgehead atoms. The molecule has 3 aromatic carbocycles. The molecular formula is C27H33NO2. The lowest BCUT2D eigenvalue weighted by molar-refractivity contribution is 0.153. The minimum Gasteiger partial charge on any atom is -0.494 e. The summed E-state index contributed by atoms with van der Waals surface area (Å²) in [5, 5.41) is 12.0. The summed E-state index contributed by atoms with van der Waals surface area (Å²) in [7, 11) is 0. The number of hydrogen-bond acceptors (Lipinski definition) is 3. The Kier molecular flexibility index (Phi) is 7.39. The molecule has 3 heteroatoms. The van der Waals surface area contributed by atoms with E-state index in [1.165, 1.54) is 41.2 Å². The molecule has 4 rings (SSSR count). The van der Waals surface area contributed by atoms with Crippen molar-refractivity contribution in [1.29, 1.82) is 0 Å². The molecule has 158 valence electrons. The van der Waals surface area contributed by atoms with Crippen LogP contribution in [0.1, 0.15) is 43.2 Å². The summed E-state index contributed by atoms with van der Waals surface area (Å²) in [6, 6.07) is 24.1. The van der Waals surface area contributed by atoms with E-state index >= 15 is 0 Å². The van der Waals surface area contributed by atoms with Crippen molar-refractivity contribution >= 4 is 10.8 Å². The zero-order chi connectivity index (χ0) is 20.6. The number of ether oxygens (including phenoxy) is 1. The highest BCUT2D eigenvalue weighted by Gasteiger charge is 2.23. The zero-order valence-corrected chi connectivity index (χ0v) is 17.8. The predicted octanol–water partition coefficient (Wildman–Crippen LogP) is 5.59. The molecule has 1 fully saturated rings. The van der Waals surface area contributed by atoms with Crippen LogP contribution in [-0.2, 0) is 13.0 Å². The van der Waals surface area contributed by atoms with Gasteiger partial charge in [0.2, 0.25) is 0 Å². The Bertz CT molecular complexity index is 925. The van der Waals surface area contributed by atoms with E-state index < -0.39 is 0 Å². The van der Waals surface area contributed by atoms with Gasteiger partial charge in [0.15, 0.2) is 0 Å². The second-order valence-corrected chi connectivity index (χ2v) is 8.44. The Hall–Kier alpha value is -2.36. The van der Waals surface area contributed by atoms with Crippen LogP contribution in [0, 0.1) is 0 Å². The van der Waals surface area contributed by atoms with E-state index in [0.717, 1.165) is 44.7 Å². The van der Waals surface area contributed by atoms with E-state index in [2.05, 4.69) is 71.6 Å². The van der Waals surface area contributed by atoms with Crippen LogP contribution in [0.2, 0.25) is 0 Å². The minimum atomic E-state index is 0.264. The van der Waals surface area contributed by atoms with E-state index in [-0.39, 0.29) is 6.61 Å². The number of aliphatic hydroxyl groups is 1. The Morgan fingerprint density at radius 2 is 1.70 bits per heavy atom. The lowest BCUT2D eigenvalue weighted by atomic mass is 10.1. The fraction of sp³-hybridized carbons (Fsp3) is 0.407. The van der Waals surface area contributed by atoms with Crippen molar-refractivity contribution in [2.24, 2.45) is 0 Å². The molecule has 3 nitrogen and oxygen atoms in total. The highest BCUT2D eigenvalue weighted by Crippen LogP contribution is 2.25. The van der Waals surface area contributed by atoms with E-state index in [0.29, 0.717) is 6.04 Å². The molecule has 30 heavy (non-hydrogen) atoms. The standard InChI is InChI=1S/C27H33NO2/c29-21-26-11-7-16-28(26)20-23-12-13-25-19-27(15-14-24(25)18-23)30-17-6-2-5-10-22-8-3-1-4-9-22/h1,3-4,8-9,12-15,18-19,26,29H,2,5-7,10-11,16-17,20-21H2/t26-/m1/s1. The van der Waals surface area contributed by atoms with Crippen LogP contribution in [0.15, 0.2) is 66.7 Å². The quantitative estimate of drug-likeness (QED) is 0.448. The first kappa shape index (κ1) is 20.9. The normalized spacial score (nSPS) is 16.9. The Balaban J connectivity index is 1.24. The third-order valence-corrected chi connectivity index (χ3v) is 6.19. The summed E-state index contributed by atoms with van der Waals surface area (Å²) in [6.45, 7) is 3.04. The highest BCUT2D eigenvalue weighted by molar-refractivity contribution is 5.84. The lowest BCUT2D eigenvalue weighted by Crippen LogP contribution is -2.31. The van der Waals surface area contributed by atoms with Gasteiger partial charge in [0.25, 0.3) is 0 Å². The molecule has 1 aliphatic heterocycles. The molecule has 1 aliphatic rings. The van der Waals surface area contributed by atoms with Gasteiger partial charge in [0, 0.05) is 12.6 Å². The topological polar surface area (TPSA) is 32.7 Å². The first-order chi connectivity index (χ1) is 14.8. The van der Waals surface area contributed by atoms with Gasteiger partial charge in [-0.3, -0.25) is 4.90 Å². The molecule has 0 amide bonds. The number of hydrogen-bond donors (Lipinski definition) is 1. The van der Waals surface area contributed by atoms with Gasteiger partial charge in [-0.15, -0.1) is 0 Å². The molecular weight excluding hydrogens is 370 g/mol. The molecule has 1 heterocycles. The average molecular weight is 404 g/mol. The van der Waals surface area contributed by atoms with Crippen LogP contribution >= 0.6 is 0 Å². The monoisotopic (exact) mass is 403 g/mol. The van der Waals surface area contributed by atoms with Crippen LogP contribution < -0.4 is 4.74 Å². The van der Waals surface area contributed by atoms with Crippen LogP contribution in [0.4, 0.5) is 0 Å². The number of nitrogens with zero attached hydrogens (tertiary/aromatic N) is 1. The fourth-order valence-corrected chi connectivity index (χ4v) is 4.45. The Morgan fingerprint density at radius 3 is 2.57 bits per heavy atom. The molecule has 1 saturated heterocycles. The van der Waals surface area contributed by atoms with Gasteiger partial charge in [-0.1, -0.05) is 48.5 Å². The van der Waals surface area contributed by atoms with E-state index in [1.54, 1.807) is 0 Å². The fourth-order valence-electron chi connectivity index (χ4n) is 4.45. The predicted molar refractivity (Wildman–Crippen MR) is 124 cm³/mol. The number of rotatable bonds is 10. The first-order valence-electron chi connectivity index (χ1n) is 11.4. The lowest BCUT2D eigenvalue weighted by Gasteiger charge is -2.22. The number of benzene rings is 3. The van der Waals surface area contributed by atoms with Crippen molar-refractivity contribution in [2.75, 3.05) is 19.8 Å². The largest absolute Gasteiger partial charge is 0.494 e. The second kappa shape index (κ2) is 10.6. The number of unbranched alkanes of at least 4 members (excludes halogenated alkanes) is 2. The van der Waals surface area contributed by atoms with Gasteiger partial charge in [0.1, 0.15) is 5.75 Å². The first-order valence-corrected chi connectivity index (χ1v) is 11.4. The molecule has 0 aliphatic carbocycles. The summed E-state index contributed by atoms with van der Waals surface area (Å²) in [6.07, 6.45) is 6.93. The van der Waals surface area contributed by atoms with E-state index in [9.17, 15) is 5.11 Å².